The van der Waals surface area contributed by atoms with Crippen molar-refractivity contribution < 1.29 is 13.6 Å². The lowest BCUT2D eigenvalue weighted by Crippen LogP contribution is -2.50. The molecule has 4 aromatic rings. The van der Waals surface area contributed by atoms with Crippen molar-refractivity contribution in [2.45, 2.75) is 32.9 Å². The minimum atomic E-state index is -0.299. The van der Waals surface area contributed by atoms with Gasteiger partial charge in [-0.1, -0.05) is 24.3 Å². The first kappa shape index (κ1) is 24.1. The van der Waals surface area contributed by atoms with Crippen LogP contribution in [0.15, 0.2) is 60.8 Å². The summed E-state index contributed by atoms with van der Waals surface area (Å²) in [7, 11) is 0. The average molecular weight is 490 g/mol. The summed E-state index contributed by atoms with van der Waals surface area (Å²) in [6.07, 6.45) is 1.73. The number of amides is 1. The van der Waals surface area contributed by atoms with Crippen LogP contribution in [-0.4, -0.2) is 56.7 Å². The summed E-state index contributed by atoms with van der Waals surface area (Å²) in [5.41, 5.74) is 3.97. The van der Waals surface area contributed by atoms with E-state index in [9.17, 15) is 13.6 Å². The summed E-state index contributed by atoms with van der Waals surface area (Å²) < 4.78 is 29.1. The van der Waals surface area contributed by atoms with Crippen LogP contribution in [-0.2, 0) is 0 Å². The highest BCUT2D eigenvalue weighted by atomic mass is 19.1. The highest BCUT2D eigenvalue weighted by Crippen LogP contribution is 2.31. The zero-order valence-electron chi connectivity index (χ0n) is 20.7. The number of hydrogen-bond donors (Lipinski definition) is 0. The Balaban J connectivity index is 1.39. The van der Waals surface area contributed by atoms with E-state index in [1.807, 2.05) is 36.4 Å². The number of hydrogen-bond acceptors (Lipinski definition) is 4. The second-order valence-corrected chi connectivity index (χ2v) is 9.57. The van der Waals surface area contributed by atoms with Crippen LogP contribution in [0.2, 0.25) is 0 Å². The fourth-order valence-corrected chi connectivity index (χ4v) is 4.96. The van der Waals surface area contributed by atoms with E-state index in [1.165, 1.54) is 24.3 Å². The second-order valence-electron chi connectivity index (χ2n) is 9.57. The van der Waals surface area contributed by atoms with E-state index in [0.717, 1.165) is 27.9 Å². The summed E-state index contributed by atoms with van der Waals surface area (Å²) in [4.78, 5) is 22.3. The number of halogens is 2. The number of carbonyl (C=O) groups excluding carboxylic acids is 1. The number of piperazine rings is 1. The van der Waals surface area contributed by atoms with Crippen molar-refractivity contribution >= 4 is 16.9 Å². The zero-order valence-corrected chi connectivity index (χ0v) is 20.7. The van der Waals surface area contributed by atoms with Crippen LogP contribution in [0, 0.1) is 18.6 Å². The van der Waals surface area contributed by atoms with Gasteiger partial charge in [0.1, 0.15) is 11.6 Å². The first-order valence-electron chi connectivity index (χ1n) is 12.2. The molecular weight excluding hydrogens is 460 g/mol. The van der Waals surface area contributed by atoms with Crippen molar-refractivity contribution in [3.8, 4) is 0 Å². The SMILES string of the molecule is Cc1cc(C(=O)N2CCN(C(c3ccc(F)cc3)c3ccc(F)cc3)CC2)c2cnn(C(C)C)c2n1. The minimum absolute atomic E-state index is 0.0337. The normalized spacial score (nSPS) is 14.8. The predicted molar refractivity (Wildman–Crippen MR) is 135 cm³/mol. The van der Waals surface area contributed by atoms with Crippen LogP contribution in [0.25, 0.3) is 11.0 Å². The number of rotatable bonds is 5. The van der Waals surface area contributed by atoms with E-state index in [2.05, 4.69) is 15.0 Å². The van der Waals surface area contributed by atoms with E-state index in [1.54, 1.807) is 30.5 Å². The standard InChI is InChI=1S/C28H29F2N5O/c1-18(2)35-27-25(17-31-35)24(16-19(3)32-27)28(36)34-14-12-33(13-15-34)26(20-4-8-22(29)9-5-20)21-6-10-23(30)11-7-21/h4-11,16-18,26H,12-15H2,1-3H3. The molecule has 0 spiro atoms. The average Bonchev–Trinajstić information content (AvgIpc) is 3.30. The lowest BCUT2D eigenvalue weighted by atomic mass is 9.96. The number of pyridine rings is 1. The third kappa shape index (κ3) is 4.60. The van der Waals surface area contributed by atoms with E-state index in [0.29, 0.717) is 31.7 Å². The Morgan fingerprint density at radius 1 is 0.889 bits per heavy atom. The number of benzene rings is 2. The van der Waals surface area contributed by atoms with Crippen LogP contribution in [0.3, 0.4) is 0 Å². The van der Waals surface area contributed by atoms with Crippen LogP contribution in [0.1, 0.15) is 53.1 Å². The molecule has 0 aliphatic carbocycles. The Labute approximate surface area is 209 Å². The number of fused-ring (bicyclic) bond motifs is 1. The van der Waals surface area contributed by atoms with Gasteiger partial charge in [0.25, 0.3) is 5.91 Å². The van der Waals surface area contributed by atoms with Gasteiger partial charge >= 0.3 is 0 Å². The molecular formula is C28H29F2N5O. The maximum Gasteiger partial charge on any atom is 0.254 e. The van der Waals surface area contributed by atoms with Gasteiger partial charge in [-0.15, -0.1) is 0 Å². The Bertz CT molecular complexity index is 1330. The summed E-state index contributed by atoms with van der Waals surface area (Å²) in [6, 6.07) is 14.7. The van der Waals surface area contributed by atoms with Crippen molar-refractivity contribution in [1.82, 2.24) is 24.6 Å². The molecule has 0 radical (unpaired) electrons. The van der Waals surface area contributed by atoms with Gasteiger partial charge in [0, 0.05) is 37.9 Å². The van der Waals surface area contributed by atoms with Crippen LogP contribution >= 0.6 is 0 Å². The van der Waals surface area contributed by atoms with Gasteiger partial charge in [-0.3, -0.25) is 9.69 Å². The Kier molecular flexibility index (Phi) is 6.53. The minimum Gasteiger partial charge on any atom is -0.336 e. The highest BCUT2D eigenvalue weighted by Gasteiger charge is 2.30. The molecule has 1 aliphatic rings. The fourth-order valence-electron chi connectivity index (χ4n) is 4.96. The van der Waals surface area contributed by atoms with Crippen LogP contribution < -0.4 is 0 Å². The maximum absolute atomic E-state index is 13.6. The number of aromatic nitrogens is 3. The summed E-state index contributed by atoms with van der Waals surface area (Å²) >= 11 is 0. The quantitative estimate of drug-likeness (QED) is 0.389. The highest BCUT2D eigenvalue weighted by molar-refractivity contribution is 6.05. The molecule has 1 fully saturated rings. The Morgan fingerprint density at radius 3 is 1.97 bits per heavy atom. The number of aryl methyl sites for hydroxylation is 1. The smallest absolute Gasteiger partial charge is 0.254 e. The molecule has 2 aromatic heterocycles. The number of nitrogens with zero attached hydrogens (tertiary/aromatic N) is 5. The molecule has 0 saturated carbocycles. The van der Waals surface area contributed by atoms with Crippen LogP contribution in [0.5, 0.6) is 0 Å². The molecule has 2 aromatic carbocycles. The lowest BCUT2D eigenvalue weighted by Gasteiger charge is -2.40. The van der Waals surface area contributed by atoms with Gasteiger partial charge < -0.3 is 4.90 Å². The predicted octanol–water partition coefficient (Wildman–Crippen LogP) is 5.15. The molecule has 6 nitrogen and oxygen atoms in total. The number of carbonyl (C=O) groups is 1. The monoisotopic (exact) mass is 489 g/mol. The molecule has 1 saturated heterocycles. The first-order chi connectivity index (χ1) is 17.3. The third-order valence-electron chi connectivity index (χ3n) is 6.75. The van der Waals surface area contributed by atoms with Gasteiger partial charge in [-0.25, -0.2) is 18.4 Å². The van der Waals surface area contributed by atoms with E-state index < -0.39 is 0 Å². The van der Waals surface area contributed by atoms with Crippen molar-refractivity contribution in [3.05, 3.63) is 94.8 Å². The van der Waals surface area contributed by atoms with Crippen LogP contribution in [0.4, 0.5) is 8.78 Å². The Morgan fingerprint density at radius 2 is 1.44 bits per heavy atom. The van der Waals surface area contributed by atoms with Crippen molar-refractivity contribution in [2.75, 3.05) is 26.2 Å². The second kappa shape index (κ2) is 9.78. The Hall–Kier alpha value is -3.65. The van der Waals surface area contributed by atoms with E-state index in [-0.39, 0.29) is 29.6 Å². The molecule has 1 amide bonds. The maximum atomic E-state index is 13.6. The van der Waals surface area contributed by atoms with Gasteiger partial charge in [-0.05, 0) is 62.2 Å². The van der Waals surface area contributed by atoms with Crippen molar-refractivity contribution in [2.24, 2.45) is 0 Å². The molecule has 186 valence electrons. The van der Waals surface area contributed by atoms with Crippen molar-refractivity contribution in [3.63, 3.8) is 0 Å². The molecule has 1 aliphatic heterocycles. The third-order valence-corrected chi connectivity index (χ3v) is 6.75. The molecule has 0 N–H and O–H groups in total. The fraction of sp³-hybridized carbons (Fsp3) is 0.321. The largest absolute Gasteiger partial charge is 0.336 e. The summed E-state index contributed by atoms with van der Waals surface area (Å²) in [5, 5.41) is 5.22. The van der Waals surface area contributed by atoms with E-state index >= 15 is 0 Å². The first-order valence-corrected chi connectivity index (χ1v) is 12.2. The molecule has 0 atom stereocenters. The molecule has 8 heteroatoms. The van der Waals surface area contributed by atoms with E-state index in [4.69, 9.17) is 0 Å². The summed E-state index contributed by atoms with van der Waals surface area (Å²) in [6.45, 7) is 8.30. The van der Waals surface area contributed by atoms with Crippen molar-refractivity contribution in [1.29, 1.82) is 0 Å². The zero-order chi connectivity index (χ0) is 25.4. The van der Waals surface area contributed by atoms with Gasteiger partial charge in [-0.2, -0.15) is 5.10 Å². The van der Waals surface area contributed by atoms with Gasteiger partial charge in [0.05, 0.1) is 23.2 Å². The van der Waals surface area contributed by atoms with Gasteiger partial charge in [0.2, 0.25) is 0 Å². The molecule has 3 heterocycles. The summed E-state index contributed by atoms with van der Waals surface area (Å²) in [5.74, 6) is -0.632. The lowest BCUT2D eigenvalue weighted by molar-refractivity contribution is 0.0599. The topological polar surface area (TPSA) is 54.3 Å². The molecule has 36 heavy (non-hydrogen) atoms. The molecule has 0 bridgehead atoms. The van der Waals surface area contributed by atoms with Gasteiger partial charge in [0.15, 0.2) is 5.65 Å². The molecule has 0 unspecified atom stereocenters. The molecule has 5 rings (SSSR count).